The molecule has 114 valence electrons. The number of thiophene rings is 1. The lowest BCUT2D eigenvalue weighted by molar-refractivity contribution is 0.0946. The first-order valence-electron chi connectivity index (χ1n) is 7.22. The molecular formula is C16H18N4OS. The average molecular weight is 314 g/mol. The van der Waals surface area contributed by atoms with Crippen molar-refractivity contribution in [3.8, 4) is 0 Å². The predicted molar refractivity (Wildman–Crippen MR) is 88.1 cm³/mol. The van der Waals surface area contributed by atoms with Crippen molar-refractivity contribution >= 4 is 27.5 Å². The summed E-state index contributed by atoms with van der Waals surface area (Å²) < 4.78 is 2.09. The SMILES string of the molecule is Cc1nccn1CC(C)CNC(=O)c1cnc2sccc2c1. The van der Waals surface area contributed by atoms with Gasteiger partial charge in [-0.2, -0.15) is 0 Å². The Hall–Kier alpha value is -2.21. The van der Waals surface area contributed by atoms with Crippen molar-refractivity contribution in [1.82, 2.24) is 19.9 Å². The molecule has 0 aliphatic carbocycles. The van der Waals surface area contributed by atoms with Crippen molar-refractivity contribution in [1.29, 1.82) is 0 Å². The van der Waals surface area contributed by atoms with Gasteiger partial charge >= 0.3 is 0 Å². The minimum absolute atomic E-state index is 0.0743. The first-order valence-corrected chi connectivity index (χ1v) is 8.10. The van der Waals surface area contributed by atoms with E-state index in [2.05, 4.69) is 26.8 Å². The zero-order chi connectivity index (χ0) is 15.5. The van der Waals surface area contributed by atoms with E-state index >= 15 is 0 Å². The van der Waals surface area contributed by atoms with Crippen molar-refractivity contribution in [2.24, 2.45) is 5.92 Å². The smallest absolute Gasteiger partial charge is 0.252 e. The molecule has 3 aromatic rings. The Balaban J connectivity index is 1.58. The second-order valence-electron chi connectivity index (χ2n) is 5.48. The van der Waals surface area contributed by atoms with Crippen molar-refractivity contribution in [3.63, 3.8) is 0 Å². The summed E-state index contributed by atoms with van der Waals surface area (Å²) >= 11 is 1.58. The standard InChI is InChI=1S/C16H18N4OS/c1-11(10-20-5-4-17-12(20)2)8-18-15(21)14-7-13-3-6-22-16(13)19-9-14/h3-7,9,11H,8,10H2,1-2H3,(H,18,21). The summed E-state index contributed by atoms with van der Waals surface area (Å²) in [4.78, 5) is 21.7. The van der Waals surface area contributed by atoms with Crippen molar-refractivity contribution in [2.75, 3.05) is 6.54 Å². The number of amides is 1. The Kier molecular flexibility index (Phi) is 4.20. The monoisotopic (exact) mass is 314 g/mol. The van der Waals surface area contributed by atoms with Gasteiger partial charge in [-0.3, -0.25) is 4.79 Å². The van der Waals surface area contributed by atoms with E-state index in [4.69, 9.17) is 0 Å². The van der Waals surface area contributed by atoms with Crippen LogP contribution in [0.1, 0.15) is 23.1 Å². The second-order valence-corrected chi connectivity index (χ2v) is 6.38. The van der Waals surface area contributed by atoms with Crippen LogP contribution in [0.2, 0.25) is 0 Å². The van der Waals surface area contributed by atoms with Gasteiger partial charge in [0.2, 0.25) is 0 Å². The molecular weight excluding hydrogens is 296 g/mol. The van der Waals surface area contributed by atoms with Gasteiger partial charge < -0.3 is 9.88 Å². The summed E-state index contributed by atoms with van der Waals surface area (Å²) in [6.07, 6.45) is 5.39. The van der Waals surface area contributed by atoms with Gasteiger partial charge in [-0.1, -0.05) is 6.92 Å². The number of pyridine rings is 1. The highest BCUT2D eigenvalue weighted by Gasteiger charge is 2.10. The van der Waals surface area contributed by atoms with Gasteiger partial charge in [-0.05, 0) is 30.4 Å². The molecule has 0 saturated heterocycles. The Morgan fingerprint density at radius 3 is 3.09 bits per heavy atom. The van der Waals surface area contributed by atoms with E-state index in [0.29, 0.717) is 18.0 Å². The van der Waals surface area contributed by atoms with E-state index < -0.39 is 0 Å². The number of hydrogen-bond donors (Lipinski definition) is 1. The summed E-state index contributed by atoms with van der Waals surface area (Å²) in [5, 5.41) is 5.97. The minimum Gasteiger partial charge on any atom is -0.352 e. The van der Waals surface area contributed by atoms with Gasteiger partial charge in [-0.15, -0.1) is 11.3 Å². The third-order valence-corrected chi connectivity index (χ3v) is 4.45. The van der Waals surface area contributed by atoms with E-state index in [1.165, 1.54) is 0 Å². The molecule has 3 heterocycles. The topological polar surface area (TPSA) is 59.8 Å². The van der Waals surface area contributed by atoms with Crippen LogP contribution in [0.4, 0.5) is 0 Å². The number of carbonyl (C=O) groups excluding carboxylic acids is 1. The lowest BCUT2D eigenvalue weighted by Crippen LogP contribution is -2.30. The lowest BCUT2D eigenvalue weighted by atomic mass is 10.1. The van der Waals surface area contributed by atoms with Crippen LogP contribution in [0.5, 0.6) is 0 Å². The van der Waals surface area contributed by atoms with Crippen molar-refractivity contribution < 1.29 is 4.79 Å². The molecule has 0 bridgehead atoms. The molecule has 1 unspecified atom stereocenters. The minimum atomic E-state index is -0.0743. The molecule has 1 amide bonds. The molecule has 0 fully saturated rings. The molecule has 0 saturated carbocycles. The Morgan fingerprint density at radius 1 is 1.45 bits per heavy atom. The number of hydrogen-bond acceptors (Lipinski definition) is 4. The summed E-state index contributed by atoms with van der Waals surface area (Å²) in [6.45, 7) is 5.55. The van der Waals surface area contributed by atoms with Gasteiger partial charge in [0.15, 0.2) is 0 Å². The van der Waals surface area contributed by atoms with Crippen LogP contribution in [0, 0.1) is 12.8 Å². The van der Waals surface area contributed by atoms with Crippen LogP contribution >= 0.6 is 11.3 Å². The van der Waals surface area contributed by atoms with E-state index in [1.807, 2.05) is 30.6 Å². The molecule has 0 aliphatic heterocycles. The van der Waals surface area contributed by atoms with E-state index in [0.717, 1.165) is 22.6 Å². The average Bonchev–Trinajstić information content (AvgIpc) is 3.13. The molecule has 3 rings (SSSR count). The molecule has 3 aromatic heterocycles. The molecule has 1 N–H and O–H groups in total. The van der Waals surface area contributed by atoms with Gasteiger partial charge in [0.05, 0.1) is 5.56 Å². The van der Waals surface area contributed by atoms with Crippen LogP contribution in [0.25, 0.3) is 10.2 Å². The molecule has 22 heavy (non-hydrogen) atoms. The van der Waals surface area contributed by atoms with E-state index in [9.17, 15) is 4.79 Å². The fourth-order valence-corrected chi connectivity index (χ4v) is 3.07. The lowest BCUT2D eigenvalue weighted by Gasteiger charge is -2.14. The number of fused-ring (bicyclic) bond motifs is 1. The van der Waals surface area contributed by atoms with Crippen LogP contribution in [0.3, 0.4) is 0 Å². The van der Waals surface area contributed by atoms with Gasteiger partial charge in [-0.25, -0.2) is 9.97 Å². The fourth-order valence-electron chi connectivity index (χ4n) is 2.35. The van der Waals surface area contributed by atoms with E-state index in [1.54, 1.807) is 23.7 Å². The number of nitrogens with zero attached hydrogens (tertiary/aromatic N) is 3. The third kappa shape index (κ3) is 3.17. The summed E-state index contributed by atoms with van der Waals surface area (Å²) in [6, 6.07) is 3.87. The summed E-state index contributed by atoms with van der Waals surface area (Å²) in [5.74, 6) is 1.25. The number of carbonyl (C=O) groups is 1. The quantitative estimate of drug-likeness (QED) is 0.788. The van der Waals surface area contributed by atoms with Crippen LogP contribution in [-0.4, -0.2) is 27.0 Å². The fraction of sp³-hybridized carbons (Fsp3) is 0.312. The van der Waals surface area contributed by atoms with Gasteiger partial charge in [0.25, 0.3) is 5.91 Å². The highest BCUT2D eigenvalue weighted by Crippen LogP contribution is 2.18. The molecule has 0 aromatic carbocycles. The van der Waals surface area contributed by atoms with Crippen molar-refractivity contribution in [3.05, 3.63) is 47.5 Å². The number of imidazole rings is 1. The number of aromatic nitrogens is 3. The molecule has 1 atom stereocenters. The maximum absolute atomic E-state index is 12.2. The van der Waals surface area contributed by atoms with Gasteiger partial charge in [0.1, 0.15) is 10.7 Å². The Morgan fingerprint density at radius 2 is 2.32 bits per heavy atom. The predicted octanol–water partition coefficient (Wildman–Crippen LogP) is 2.87. The maximum Gasteiger partial charge on any atom is 0.252 e. The molecule has 0 aliphatic rings. The molecule has 6 heteroatoms. The normalized spacial score (nSPS) is 12.5. The van der Waals surface area contributed by atoms with Crippen LogP contribution < -0.4 is 5.32 Å². The Labute approximate surface area is 133 Å². The summed E-state index contributed by atoms with van der Waals surface area (Å²) in [7, 11) is 0. The highest BCUT2D eigenvalue weighted by molar-refractivity contribution is 7.16. The third-order valence-electron chi connectivity index (χ3n) is 3.61. The van der Waals surface area contributed by atoms with Gasteiger partial charge in [0, 0.05) is 37.1 Å². The number of rotatable bonds is 5. The first kappa shape index (κ1) is 14.7. The molecule has 0 spiro atoms. The molecule has 0 radical (unpaired) electrons. The van der Waals surface area contributed by atoms with Crippen LogP contribution in [0.15, 0.2) is 36.1 Å². The molecule has 5 nitrogen and oxygen atoms in total. The zero-order valence-electron chi connectivity index (χ0n) is 12.6. The number of aryl methyl sites for hydroxylation is 1. The van der Waals surface area contributed by atoms with Crippen LogP contribution in [-0.2, 0) is 6.54 Å². The zero-order valence-corrected chi connectivity index (χ0v) is 13.4. The first-order chi connectivity index (χ1) is 10.6. The summed E-state index contributed by atoms with van der Waals surface area (Å²) in [5.41, 5.74) is 0.608. The second kappa shape index (κ2) is 6.27. The van der Waals surface area contributed by atoms with E-state index in [-0.39, 0.29) is 5.91 Å². The highest BCUT2D eigenvalue weighted by atomic mass is 32.1. The Bertz CT molecular complexity index is 792. The van der Waals surface area contributed by atoms with Crippen molar-refractivity contribution in [2.45, 2.75) is 20.4 Å². The maximum atomic E-state index is 12.2. The largest absolute Gasteiger partial charge is 0.352 e. The number of nitrogens with one attached hydrogen (secondary N) is 1.